The lowest BCUT2D eigenvalue weighted by Gasteiger charge is -2.58. The van der Waals surface area contributed by atoms with Crippen LogP contribution in [0.1, 0.15) is 38.5 Å². The number of esters is 1. The number of hydrogen-bond donors (Lipinski definition) is 2. The average molecular weight is 409 g/mol. The Labute approximate surface area is 166 Å². The molecular weight excluding hydrogens is 388 g/mol. The quantitative estimate of drug-likeness (QED) is 0.439. The predicted molar refractivity (Wildman–Crippen MR) is 99.8 cm³/mol. The normalized spacial score (nSPS) is 32.8. The molecule has 0 spiro atoms. The van der Waals surface area contributed by atoms with E-state index >= 15 is 0 Å². The zero-order valence-electron chi connectivity index (χ0n) is 15.2. The summed E-state index contributed by atoms with van der Waals surface area (Å²) >= 11 is 5.95. The van der Waals surface area contributed by atoms with Crippen LogP contribution in [-0.2, 0) is 14.3 Å². The first-order chi connectivity index (χ1) is 13.2. The Kier molecular flexibility index (Phi) is 4.58. The van der Waals surface area contributed by atoms with Gasteiger partial charge in [-0.3, -0.25) is 19.7 Å². The molecule has 0 heterocycles. The number of anilines is 1. The molecule has 0 aromatic heterocycles. The monoisotopic (exact) mass is 408 g/mol. The first-order valence-electron chi connectivity index (χ1n) is 9.31. The van der Waals surface area contributed by atoms with Crippen molar-refractivity contribution in [3.63, 3.8) is 0 Å². The first-order valence-corrected chi connectivity index (χ1v) is 9.69. The van der Waals surface area contributed by atoms with Crippen LogP contribution < -0.4 is 5.32 Å². The number of amides is 1. The zero-order valence-corrected chi connectivity index (χ0v) is 15.9. The summed E-state index contributed by atoms with van der Waals surface area (Å²) < 4.78 is 5.29. The van der Waals surface area contributed by atoms with E-state index in [-0.39, 0.29) is 16.4 Å². The zero-order chi connectivity index (χ0) is 20.1. The molecule has 5 rings (SSSR count). The van der Waals surface area contributed by atoms with E-state index in [1.807, 2.05) is 0 Å². The topological polar surface area (TPSA) is 119 Å². The van der Waals surface area contributed by atoms with Gasteiger partial charge in [0.2, 0.25) is 0 Å². The molecule has 2 N–H and O–H groups in total. The number of halogens is 1. The Morgan fingerprint density at radius 2 is 1.96 bits per heavy atom. The number of ether oxygens (including phenoxy) is 1. The second kappa shape index (κ2) is 6.70. The van der Waals surface area contributed by atoms with E-state index in [0.717, 1.165) is 25.3 Å². The van der Waals surface area contributed by atoms with Crippen molar-refractivity contribution in [3.05, 3.63) is 33.3 Å². The number of nitrogens with one attached hydrogen (secondary N) is 1. The molecule has 4 fully saturated rings. The number of non-ortho nitro benzene ring substituents is 1. The molecule has 1 aromatic carbocycles. The van der Waals surface area contributed by atoms with Crippen LogP contribution in [0, 0.1) is 27.4 Å². The highest BCUT2D eigenvalue weighted by Crippen LogP contribution is 2.61. The summed E-state index contributed by atoms with van der Waals surface area (Å²) in [6.45, 7) is -0.471. The van der Waals surface area contributed by atoms with Crippen LogP contribution in [0.2, 0.25) is 5.02 Å². The second-order valence-corrected chi connectivity index (χ2v) is 8.92. The van der Waals surface area contributed by atoms with Gasteiger partial charge < -0.3 is 15.2 Å². The number of carbonyl (C=O) groups excluding carboxylic acids is 2. The SMILES string of the molecule is O=C(COC(=O)C12CC3CC(CC(O)(C3)C1)C2)Nc1ccc([N+](=O)[O-])cc1Cl. The van der Waals surface area contributed by atoms with Crippen molar-refractivity contribution in [1.82, 2.24) is 0 Å². The van der Waals surface area contributed by atoms with Gasteiger partial charge in [-0.2, -0.15) is 0 Å². The maximum Gasteiger partial charge on any atom is 0.312 e. The molecule has 4 aliphatic rings. The van der Waals surface area contributed by atoms with Crippen molar-refractivity contribution in [1.29, 1.82) is 0 Å². The van der Waals surface area contributed by atoms with Crippen molar-refractivity contribution in [2.45, 2.75) is 44.1 Å². The van der Waals surface area contributed by atoms with Crippen molar-refractivity contribution >= 4 is 34.9 Å². The number of aliphatic hydroxyl groups is 1. The number of rotatable bonds is 5. The molecule has 4 bridgehead atoms. The van der Waals surface area contributed by atoms with Gasteiger partial charge in [0.1, 0.15) is 0 Å². The van der Waals surface area contributed by atoms with Gasteiger partial charge in [0.15, 0.2) is 6.61 Å². The molecule has 0 saturated heterocycles. The predicted octanol–water partition coefficient (Wildman–Crippen LogP) is 3.06. The van der Waals surface area contributed by atoms with E-state index in [9.17, 15) is 24.8 Å². The lowest BCUT2D eigenvalue weighted by molar-refractivity contribution is -0.384. The molecule has 150 valence electrons. The molecule has 1 aromatic rings. The standard InChI is InChI=1S/C19H21ClN2O6/c20-14-4-13(22(26)27)1-2-15(14)21-16(23)9-28-17(24)18-5-11-3-12(6-18)8-19(25,7-11)10-18/h1-2,4,11-12,25H,3,5-10H2,(H,21,23). The summed E-state index contributed by atoms with van der Waals surface area (Å²) in [5.41, 5.74) is -1.45. The molecule has 0 aliphatic heterocycles. The Balaban J connectivity index is 1.36. The van der Waals surface area contributed by atoms with Crippen molar-refractivity contribution in [2.75, 3.05) is 11.9 Å². The van der Waals surface area contributed by atoms with Gasteiger partial charge in [0.25, 0.3) is 11.6 Å². The Morgan fingerprint density at radius 3 is 2.54 bits per heavy atom. The Bertz CT molecular complexity index is 843. The van der Waals surface area contributed by atoms with Gasteiger partial charge in [-0.25, -0.2) is 0 Å². The Hall–Kier alpha value is -2.19. The minimum absolute atomic E-state index is 0.0252. The van der Waals surface area contributed by atoms with Gasteiger partial charge >= 0.3 is 5.97 Å². The molecule has 0 radical (unpaired) electrons. The minimum Gasteiger partial charge on any atom is -0.455 e. The van der Waals surface area contributed by atoms with E-state index < -0.39 is 34.4 Å². The Morgan fingerprint density at radius 1 is 1.29 bits per heavy atom. The summed E-state index contributed by atoms with van der Waals surface area (Å²) in [5.74, 6) is -0.324. The number of nitro benzene ring substituents is 1. The maximum atomic E-state index is 12.8. The van der Waals surface area contributed by atoms with Gasteiger partial charge in [-0.05, 0) is 56.4 Å². The maximum absolute atomic E-state index is 12.8. The third-order valence-electron chi connectivity index (χ3n) is 6.24. The number of nitrogens with zero attached hydrogens (tertiary/aromatic N) is 1. The molecule has 8 nitrogen and oxygen atoms in total. The van der Waals surface area contributed by atoms with Gasteiger partial charge in [-0.15, -0.1) is 0 Å². The summed E-state index contributed by atoms with van der Waals surface area (Å²) in [6, 6.07) is 3.69. The largest absolute Gasteiger partial charge is 0.455 e. The summed E-state index contributed by atoms with van der Waals surface area (Å²) in [5, 5.41) is 24.0. The van der Waals surface area contributed by atoms with Gasteiger partial charge in [-0.1, -0.05) is 11.6 Å². The van der Waals surface area contributed by atoms with Crippen molar-refractivity contribution in [3.8, 4) is 0 Å². The molecular formula is C19H21ClN2O6. The molecule has 4 aliphatic carbocycles. The van der Waals surface area contributed by atoms with Crippen molar-refractivity contribution in [2.24, 2.45) is 17.3 Å². The highest BCUT2D eigenvalue weighted by atomic mass is 35.5. The highest BCUT2D eigenvalue weighted by Gasteiger charge is 2.60. The van der Waals surface area contributed by atoms with Crippen LogP contribution in [0.4, 0.5) is 11.4 Å². The van der Waals surface area contributed by atoms with Crippen LogP contribution in [0.3, 0.4) is 0 Å². The van der Waals surface area contributed by atoms with Crippen LogP contribution in [-0.4, -0.2) is 34.1 Å². The second-order valence-electron chi connectivity index (χ2n) is 8.51. The third kappa shape index (κ3) is 3.46. The van der Waals surface area contributed by atoms with Crippen LogP contribution in [0.25, 0.3) is 0 Å². The number of carbonyl (C=O) groups is 2. The fourth-order valence-electron chi connectivity index (χ4n) is 5.64. The van der Waals surface area contributed by atoms with E-state index in [4.69, 9.17) is 16.3 Å². The van der Waals surface area contributed by atoms with E-state index in [0.29, 0.717) is 31.1 Å². The molecule has 4 saturated carbocycles. The average Bonchev–Trinajstić information content (AvgIpc) is 2.59. The van der Waals surface area contributed by atoms with Crippen molar-refractivity contribution < 1.29 is 24.4 Å². The highest BCUT2D eigenvalue weighted by molar-refractivity contribution is 6.34. The number of hydrogen-bond acceptors (Lipinski definition) is 6. The van der Waals surface area contributed by atoms with E-state index in [2.05, 4.69) is 5.32 Å². The van der Waals surface area contributed by atoms with Crippen LogP contribution in [0.15, 0.2) is 18.2 Å². The summed E-state index contributed by atoms with van der Waals surface area (Å²) in [7, 11) is 0. The minimum atomic E-state index is -0.780. The van der Waals surface area contributed by atoms with Crippen LogP contribution >= 0.6 is 11.6 Å². The summed E-state index contributed by atoms with van der Waals surface area (Å²) in [6.07, 6.45) is 4.37. The van der Waals surface area contributed by atoms with Gasteiger partial charge in [0, 0.05) is 12.1 Å². The van der Waals surface area contributed by atoms with E-state index in [1.165, 1.54) is 12.1 Å². The third-order valence-corrected chi connectivity index (χ3v) is 6.55. The smallest absolute Gasteiger partial charge is 0.312 e. The number of benzene rings is 1. The molecule has 2 unspecified atom stereocenters. The lowest BCUT2D eigenvalue weighted by Crippen LogP contribution is -2.58. The fraction of sp³-hybridized carbons (Fsp3) is 0.579. The molecule has 2 atom stereocenters. The molecule has 28 heavy (non-hydrogen) atoms. The fourth-order valence-corrected chi connectivity index (χ4v) is 5.86. The molecule has 9 heteroatoms. The summed E-state index contributed by atoms with van der Waals surface area (Å²) in [4.78, 5) is 35.1. The molecule has 1 amide bonds. The van der Waals surface area contributed by atoms with E-state index in [1.54, 1.807) is 0 Å². The number of nitro groups is 1. The van der Waals surface area contributed by atoms with Gasteiger partial charge in [0.05, 0.1) is 26.6 Å². The lowest BCUT2D eigenvalue weighted by atomic mass is 9.48. The first kappa shape index (κ1) is 19.1. The van der Waals surface area contributed by atoms with Crippen LogP contribution in [0.5, 0.6) is 0 Å².